The third kappa shape index (κ3) is 5.05. The van der Waals surface area contributed by atoms with Crippen molar-refractivity contribution in [3.63, 3.8) is 0 Å². The standard InChI is InChI=1S/C16H32N2O/c1-13(2)10-17-11-15-6-4-5-9-18(15)12-16-8-7-14(3)19-16/h13-17H,4-12H2,1-3H3. The maximum absolute atomic E-state index is 5.99. The summed E-state index contributed by atoms with van der Waals surface area (Å²) in [6.07, 6.45) is 7.58. The fraction of sp³-hybridized carbons (Fsp3) is 1.00. The van der Waals surface area contributed by atoms with Crippen LogP contribution in [0.15, 0.2) is 0 Å². The highest BCUT2D eigenvalue weighted by Gasteiger charge is 2.28. The van der Waals surface area contributed by atoms with Gasteiger partial charge in [0.1, 0.15) is 0 Å². The van der Waals surface area contributed by atoms with E-state index in [-0.39, 0.29) is 0 Å². The van der Waals surface area contributed by atoms with Gasteiger partial charge in [-0.3, -0.25) is 4.90 Å². The second-order valence-corrected chi connectivity index (χ2v) is 6.84. The topological polar surface area (TPSA) is 24.5 Å². The predicted molar refractivity (Wildman–Crippen MR) is 80.5 cm³/mol. The van der Waals surface area contributed by atoms with Gasteiger partial charge in [-0.1, -0.05) is 20.3 Å². The molecule has 0 radical (unpaired) electrons. The van der Waals surface area contributed by atoms with Crippen molar-refractivity contribution in [3.05, 3.63) is 0 Å². The van der Waals surface area contributed by atoms with Crippen LogP contribution >= 0.6 is 0 Å². The van der Waals surface area contributed by atoms with E-state index in [1.165, 1.54) is 38.6 Å². The second-order valence-electron chi connectivity index (χ2n) is 6.84. The maximum atomic E-state index is 5.99. The van der Waals surface area contributed by atoms with E-state index in [1.54, 1.807) is 0 Å². The van der Waals surface area contributed by atoms with Crippen LogP contribution in [0.5, 0.6) is 0 Å². The number of nitrogens with zero attached hydrogens (tertiary/aromatic N) is 1. The molecule has 2 rings (SSSR count). The molecule has 3 heteroatoms. The first-order valence-corrected chi connectivity index (χ1v) is 8.25. The van der Waals surface area contributed by atoms with E-state index in [2.05, 4.69) is 31.0 Å². The molecule has 0 aromatic carbocycles. The van der Waals surface area contributed by atoms with E-state index in [0.717, 1.165) is 31.6 Å². The normalized spacial score (nSPS) is 33.2. The molecule has 3 nitrogen and oxygen atoms in total. The number of piperidine rings is 1. The third-order valence-corrected chi connectivity index (χ3v) is 4.44. The molecule has 112 valence electrons. The summed E-state index contributed by atoms with van der Waals surface area (Å²) < 4.78 is 5.99. The Bertz CT molecular complexity index is 257. The van der Waals surface area contributed by atoms with Crippen molar-refractivity contribution in [2.45, 2.75) is 71.1 Å². The predicted octanol–water partition coefficient (Wildman–Crippen LogP) is 2.65. The van der Waals surface area contributed by atoms with E-state index in [1.807, 2.05) is 0 Å². The van der Waals surface area contributed by atoms with Crippen molar-refractivity contribution < 1.29 is 4.74 Å². The Morgan fingerprint density at radius 2 is 2.05 bits per heavy atom. The minimum Gasteiger partial charge on any atom is -0.374 e. The molecule has 0 bridgehead atoms. The summed E-state index contributed by atoms with van der Waals surface area (Å²) in [5.74, 6) is 0.746. The van der Waals surface area contributed by atoms with E-state index >= 15 is 0 Å². The average Bonchev–Trinajstić information content (AvgIpc) is 2.77. The molecule has 0 saturated carbocycles. The molecule has 0 aromatic rings. The number of rotatable bonds is 6. The van der Waals surface area contributed by atoms with Gasteiger partial charge in [-0.15, -0.1) is 0 Å². The molecular formula is C16H32N2O. The zero-order valence-electron chi connectivity index (χ0n) is 13.0. The molecule has 0 aliphatic carbocycles. The quantitative estimate of drug-likeness (QED) is 0.801. The lowest BCUT2D eigenvalue weighted by Gasteiger charge is -2.37. The van der Waals surface area contributed by atoms with Crippen LogP contribution in [0.1, 0.15) is 52.9 Å². The van der Waals surface area contributed by atoms with E-state index in [9.17, 15) is 0 Å². The van der Waals surface area contributed by atoms with Gasteiger partial charge in [-0.25, -0.2) is 0 Å². The monoisotopic (exact) mass is 268 g/mol. The van der Waals surface area contributed by atoms with Crippen LogP contribution in [0.3, 0.4) is 0 Å². The van der Waals surface area contributed by atoms with Gasteiger partial charge >= 0.3 is 0 Å². The van der Waals surface area contributed by atoms with Gasteiger partial charge in [0.25, 0.3) is 0 Å². The van der Waals surface area contributed by atoms with Gasteiger partial charge in [-0.2, -0.15) is 0 Å². The Morgan fingerprint density at radius 1 is 1.21 bits per heavy atom. The number of hydrogen-bond donors (Lipinski definition) is 1. The summed E-state index contributed by atoms with van der Waals surface area (Å²) in [6.45, 7) is 11.5. The zero-order chi connectivity index (χ0) is 13.7. The lowest BCUT2D eigenvalue weighted by Crippen LogP contribution is -2.48. The van der Waals surface area contributed by atoms with Gasteiger partial charge in [-0.05, 0) is 51.6 Å². The summed E-state index contributed by atoms with van der Waals surface area (Å²) in [5.41, 5.74) is 0. The summed E-state index contributed by atoms with van der Waals surface area (Å²) in [6, 6.07) is 0.729. The first kappa shape index (κ1) is 15.3. The molecule has 0 amide bonds. The van der Waals surface area contributed by atoms with Crippen LogP contribution < -0.4 is 5.32 Å². The van der Waals surface area contributed by atoms with Crippen molar-refractivity contribution in [2.24, 2.45) is 5.92 Å². The van der Waals surface area contributed by atoms with Crippen LogP contribution in [0.4, 0.5) is 0 Å². The molecule has 2 heterocycles. The maximum Gasteiger partial charge on any atom is 0.0706 e. The number of nitrogens with one attached hydrogen (secondary N) is 1. The zero-order valence-corrected chi connectivity index (χ0v) is 13.0. The lowest BCUT2D eigenvalue weighted by molar-refractivity contribution is 0.0137. The highest BCUT2D eigenvalue weighted by molar-refractivity contribution is 4.83. The second kappa shape index (κ2) is 7.61. The Balaban J connectivity index is 1.75. The molecule has 3 unspecified atom stereocenters. The molecule has 19 heavy (non-hydrogen) atoms. The Labute approximate surface area is 119 Å². The van der Waals surface area contributed by atoms with Gasteiger partial charge in [0.15, 0.2) is 0 Å². The van der Waals surface area contributed by atoms with Crippen LogP contribution in [-0.4, -0.2) is 49.3 Å². The van der Waals surface area contributed by atoms with Gasteiger partial charge in [0.2, 0.25) is 0 Å². The Kier molecular flexibility index (Phi) is 6.11. The Morgan fingerprint density at radius 3 is 2.74 bits per heavy atom. The molecule has 1 N–H and O–H groups in total. The number of hydrogen-bond acceptors (Lipinski definition) is 3. The fourth-order valence-electron chi connectivity index (χ4n) is 3.35. The first-order chi connectivity index (χ1) is 9.15. The fourth-order valence-corrected chi connectivity index (χ4v) is 3.35. The van der Waals surface area contributed by atoms with E-state index in [0.29, 0.717) is 12.2 Å². The van der Waals surface area contributed by atoms with Crippen LogP contribution in [0.25, 0.3) is 0 Å². The molecule has 2 aliphatic rings. The molecule has 0 spiro atoms. The van der Waals surface area contributed by atoms with Crippen molar-refractivity contribution in [2.75, 3.05) is 26.2 Å². The van der Waals surface area contributed by atoms with Crippen LogP contribution in [0.2, 0.25) is 0 Å². The lowest BCUT2D eigenvalue weighted by atomic mass is 10.0. The van der Waals surface area contributed by atoms with Crippen molar-refractivity contribution in [1.29, 1.82) is 0 Å². The largest absolute Gasteiger partial charge is 0.374 e. The first-order valence-electron chi connectivity index (χ1n) is 8.25. The smallest absolute Gasteiger partial charge is 0.0706 e. The minimum atomic E-state index is 0.479. The van der Waals surface area contributed by atoms with Crippen molar-refractivity contribution in [1.82, 2.24) is 10.2 Å². The molecule has 3 atom stereocenters. The Hall–Kier alpha value is -0.120. The number of ether oxygens (including phenoxy) is 1. The van der Waals surface area contributed by atoms with Crippen LogP contribution in [0, 0.1) is 5.92 Å². The highest BCUT2D eigenvalue weighted by atomic mass is 16.5. The summed E-state index contributed by atoms with van der Waals surface area (Å²) in [7, 11) is 0. The van der Waals surface area contributed by atoms with E-state index < -0.39 is 0 Å². The summed E-state index contributed by atoms with van der Waals surface area (Å²) >= 11 is 0. The highest BCUT2D eigenvalue weighted by Crippen LogP contribution is 2.23. The summed E-state index contributed by atoms with van der Waals surface area (Å²) in [4.78, 5) is 2.68. The van der Waals surface area contributed by atoms with Crippen molar-refractivity contribution in [3.8, 4) is 0 Å². The molecule has 2 saturated heterocycles. The summed E-state index contributed by atoms with van der Waals surface area (Å²) in [5, 5.41) is 3.64. The van der Waals surface area contributed by atoms with Crippen molar-refractivity contribution >= 4 is 0 Å². The molecular weight excluding hydrogens is 236 g/mol. The van der Waals surface area contributed by atoms with Gasteiger partial charge in [0.05, 0.1) is 12.2 Å². The van der Waals surface area contributed by atoms with E-state index in [4.69, 9.17) is 4.74 Å². The molecule has 2 fully saturated rings. The van der Waals surface area contributed by atoms with Gasteiger partial charge in [0, 0.05) is 19.1 Å². The number of likely N-dealkylation sites (tertiary alicyclic amines) is 1. The molecule has 2 aliphatic heterocycles. The molecule has 0 aromatic heterocycles. The van der Waals surface area contributed by atoms with Crippen LogP contribution in [-0.2, 0) is 4.74 Å². The average molecular weight is 268 g/mol. The third-order valence-electron chi connectivity index (χ3n) is 4.44. The van der Waals surface area contributed by atoms with Gasteiger partial charge < -0.3 is 10.1 Å². The minimum absolute atomic E-state index is 0.479. The SMILES string of the molecule is CC(C)CNCC1CCCCN1CC1CCC(C)O1.